The molecule has 2 aromatic carbocycles. The number of para-hydroxylation sites is 1. The van der Waals surface area contributed by atoms with Crippen LogP contribution >= 0.6 is 11.8 Å². The first-order valence-electron chi connectivity index (χ1n) is 5.97. The summed E-state index contributed by atoms with van der Waals surface area (Å²) in [6.45, 7) is 0.580. The number of nitrogens with one attached hydrogen (secondary N) is 1. The van der Waals surface area contributed by atoms with Crippen LogP contribution in [0.4, 0.5) is 5.69 Å². The van der Waals surface area contributed by atoms with Crippen LogP contribution in [0.1, 0.15) is 15.9 Å². The lowest BCUT2D eigenvalue weighted by molar-refractivity contribution is 0.0999. The molecule has 0 radical (unpaired) electrons. The van der Waals surface area contributed by atoms with Crippen LogP contribution in [-0.2, 0) is 6.54 Å². The Morgan fingerprint density at radius 2 is 1.84 bits per heavy atom. The molecular weight excluding hydrogens is 256 g/mol. The third kappa shape index (κ3) is 3.29. The molecule has 0 spiro atoms. The molecule has 0 aliphatic carbocycles. The normalized spacial score (nSPS) is 10.2. The molecule has 1 amide bonds. The molecule has 0 atom stereocenters. The summed E-state index contributed by atoms with van der Waals surface area (Å²) in [5, 5.41) is 3.35. The van der Waals surface area contributed by atoms with Crippen LogP contribution in [0.25, 0.3) is 0 Å². The Kier molecular flexibility index (Phi) is 4.47. The van der Waals surface area contributed by atoms with E-state index in [1.807, 2.05) is 42.7 Å². The fraction of sp³-hybridized carbons (Fsp3) is 0.133. The number of primary amides is 1. The van der Waals surface area contributed by atoms with Crippen molar-refractivity contribution < 1.29 is 4.79 Å². The Hall–Kier alpha value is -1.94. The highest BCUT2D eigenvalue weighted by molar-refractivity contribution is 7.98. The minimum absolute atomic E-state index is 0.393. The smallest absolute Gasteiger partial charge is 0.249 e. The molecule has 0 aliphatic heterocycles. The van der Waals surface area contributed by atoms with Crippen molar-refractivity contribution in [2.45, 2.75) is 11.4 Å². The molecule has 0 aliphatic rings. The summed E-state index contributed by atoms with van der Waals surface area (Å²) in [5.74, 6) is -0.393. The third-order valence-corrected chi connectivity index (χ3v) is 3.65. The van der Waals surface area contributed by atoms with E-state index in [-0.39, 0.29) is 0 Å². The zero-order valence-corrected chi connectivity index (χ0v) is 11.5. The van der Waals surface area contributed by atoms with Gasteiger partial charge in [-0.2, -0.15) is 0 Å². The van der Waals surface area contributed by atoms with Gasteiger partial charge in [0.2, 0.25) is 5.91 Å². The van der Waals surface area contributed by atoms with Gasteiger partial charge in [0.05, 0.1) is 0 Å². The Morgan fingerprint density at radius 3 is 2.58 bits per heavy atom. The number of amides is 1. The number of hydrogen-bond acceptors (Lipinski definition) is 3. The van der Waals surface area contributed by atoms with Crippen molar-refractivity contribution in [3.8, 4) is 0 Å². The maximum atomic E-state index is 11.3. The highest BCUT2D eigenvalue weighted by atomic mass is 32.2. The predicted octanol–water partition coefficient (Wildman–Crippen LogP) is 3.12. The number of carbonyl (C=O) groups is 1. The van der Waals surface area contributed by atoms with E-state index in [2.05, 4.69) is 11.4 Å². The molecule has 0 saturated heterocycles. The highest BCUT2D eigenvalue weighted by Gasteiger charge is 2.07. The van der Waals surface area contributed by atoms with Gasteiger partial charge >= 0.3 is 0 Å². The van der Waals surface area contributed by atoms with Gasteiger partial charge < -0.3 is 11.1 Å². The Bertz CT molecular complexity index is 584. The lowest BCUT2D eigenvalue weighted by atomic mass is 10.1. The fourth-order valence-corrected chi connectivity index (χ4v) is 2.47. The Balaban J connectivity index is 2.17. The molecule has 3 N–H and O–H groups in total. The largest absolute Gasteiger partial charge is 0.380 e. The summed E-state index contributed by atoms with van der Waals surface area (Å²) in [6.07, 6.45) is 2.04. The van der Waals surface area contributed by atoms with Gasteiger partial charge in [0.1, 0.15) is 0 Å². The molecule has 0 aromatic heterocycles. The summed E-state index contributed by atoms with van der Waals surface area (Å²) >= 11 is 1.69. The van der Waals surface area contributed by atoms with Gasteiger partial charge in [-0.1, -0.05) is 30.3 Å². The lowest BCUT2D eigenvalue weighted by Gasteiger charge is -2.12. The Morgan fingerprint density at radius 1 is 1.16 bits per heavy atom. The van der Waals surface area contributed by atoms with Crippen LogP contribution in [0.15, 0.2) is 53.4 Å². The predicted molar refractivity (Wildman–Crippen MR) is 80.5 cm³/mol. The minimum atomic E-state index is -0.393. The van der Waals surface area contributed by atoms with Crippen molar-refractivity contribution in [2.24, 2.45) is 5.73 Å². The molecule has 0 heterocycles. The molecule has 98 valence electrons. The van der Waals surface area contributed by atoms with Crippen molar-refractivity contribution in [2.75, 3.05) is 11.6 Å². The summed E-state index contributed by atoms with van der Waals surface area (Å²) in [6, 6.07) is 15.5. The van der Waals surface area contributed by atoms with Gasteiger partial charge in [-0.25, -0.2) is 0 Å². The number of rotatable bonds is 5. The van der Waals surface area contributed by atoms with E-state index >= 15 is 0 Å². The van der Waals surface area contributed by atoms with Crippen LogP contribution in [0, 0.1) is 0 Å². The number of carbonyl (C=O) groups excluding carboxylic acids is 1. The van der Waals surface area contributed by atoms with Crippen molar-refractivity contribution in [3.63, 3.8) is 0 Å². The van der Waals surface area contributed by atoms with E-state index in [1.165, 1.54) is 4.90 Å². The van der Waals surface area contributed by atoms with Crippen molar-refractivity contribution in [1.29, 1.82) is 0 Å². The quantitative estimate of drug-likeness (QED) is 0.822. The first kappa shape index (κ1) is 13.5. The van der Waals surface area contributed by atoms with Gasteiger partial charge in [-0.05, 0) is 30.0 Å². The molecular formula is C15H16N2OS. The molecule has 0 bridgehead atoms. The van der Waals surface area contributed by atoms with Gasteiger partial charge in [0.15, 0.2) is 0 Å². The van der Waals surface area contributed by atoms with E-state index in [9.17, 15) is 4.79 Å². The SMILES string of the molecule is CSc1ccccc1NCc1ccccc1C(N)=O. The zero-order valence-electron chi connectivity index (χ0n) is 10.7. The highest BCUT2D eigenvalue weighted by Crippen LogP contribution is 2.25. The lowest BCUT2D eigenvalue weighted by Crippen LogP contribution is -2.15. The number of benzene rings is 2. The summed E-state index contributed by atoms with van der Waals surface area (Å²) in [5.41, 5.74) is 7.91. The molecule has 0 fully saturated rings. The number of anilines is 1. The number of nitrogens with two attached hydrogens (primary N) is 1. The topological polar surface area (TPSA) is 55.1 Å². The molecule has 19 heavy (non-hydrogen) atoms. The van der Waals surface area contributed by atoms with Crippen LogP contribution in [0.5, 0.6) is 0 Å². The van der Waals surface area contributed by atoms with E-state index in [0.717, 1.165) is 11.3 Å². The summed E-state index contributed by atoms with van der Waals surface area (Å²) < 4.78 is 0. The average molecular weight is 272 g/mol. The summed E-state index contributed by atoms with van der Waals surface area (Å²) in [7, 11) is 0. The van der Waals surface area contributed by atoms with Crippen LogP contribution < -0.4 is 11.1 Å². The summed E-state index contributed by atoms with van der Waals surface area (Å²) in [4.78, 5) is 12.5. The van der Waals surface area contributed by atoms with Gasteiger partial charge in [0.25, 0.3) is 0 Å². The molecule has 4 heteroatoms. The second-order valence-corrected chi connectivity index (χ2v) is 4.92. The first-order valence-corrected chi connectivity index (χ1v) is 7.19. The fourth-order valence-electron chi connectivity index (χ4n) is 1.90. The number of hydrogen-bond donors (Lipinski definition) is 2. The number of thioether (sulfide) groups is 1. The monoisotopic (exact) mass is 272 g/mol. The molecule has 0 saturated carbocycles. The molecule has 3 nitrogen and oxygen atoms in total. The van der Waals surface area contributed by atoms with E-state index in [4.69, 9.17) is 5.73 Å². The average Bonchev–Trinajstić information content (AvgIpc) is 2.45. The molecule has 2 rings (SSSR count). The second kappa shape index (κ2) is 6.29. The second-order valence-electron chi connectivity index (χ2n) is 4.08. The van der Waals surface area contributed by atoms with Gasteiger partial charge in [-0.15, -0.1) is 11.8 Å². The maximum Gasteiger partial charge on any atom is 0.249 e. The first-order chi connectivity index (χ1) is 9.22. The van der Waals surface area contributed by atoms with Crippen LogP contribution in [0.3, 0.4) is 0 Å². The zero-order chi connectivity index (χ0) is 13.7. The van der Waals surface area contributed by atoms with E-state index < -0.39 is 5.91 Å². The van der Waals surface area contributed by atoms with Crippen molar-refractivity contribution in [1.82, 2.24) is 0 Å². The molecule has 2 aromatic rings. The standard InChI is InChI=1S/C15H16N2OS/c1-19-14-9-5-4-8-13(14)17-10-11-6-2-3-7-12(11)15(16)18/h2-9,17H,10H2,1H3,(H2,16,18). The molecule has 0 unspecified atom stereocenters. The Labute approximate surface area is 117 Å². The van der Waals surface area contributed by atoms with Gasteiger partial charge in [-0.3, -0.25) is 4.79 Å². The van der Waals surface area contributed by atoms with Crippen LogP contribution in [0.2, 0.25) is 0 Å². The van der Waals surface area contributed by atoms with Gasteiger partial charge in [0, 0.05) is 22.7 Å². The van der Waals surface area contributed by atoms with Crippen molar-refractivity contribution >= 4 is 23.4 Å². The van der Waals surface area contributed by atoms with Crippen LogP contribution in [-0.4, -0.2) is 12.2 Å². The van der Waals surface area contributed by atoms with E-state index in [1.54, 1.807) is 17.8 Å². The van der Waals surface area contributed by atoms with Crippen molar-refractivity contribution in [3.05, 3.63) is 59.7 Å². The van der Waals surface area contributed by atoms with E-state index in [0.29, 0.717) is 12.1 Å². The minimum Gasteiger partial charge on any atom is -0.380 e. The third-order valence-electron chi connectivity index (χ3n) is 2.86. The maximum absolute atomic E-state index is 11.3.